The predicted octanol–water partition coefficient (Wildman–Crippen LogP) is 1.03. The lowest BCUT2D eigenvalue weighted by Gasteiger charge is -2.14. The van der Waals surface area contributed by atoms with Crippen molar-refractivity contribution in [1.82, 2.24) is 14.5 Å². The normalized spacial score (nSPS) is 27.3. The molecule has 3 unspecified atom stereocenters. The maximum atomic E-state index is 9.80. The number of hydrogen-bond donors (Lipinski definition) is 2. The van der Waals surface area contributed by atoms with E-state index in [1.807, 2.05) is 17.7 Å². The first kappa shape index (κ1) is 12.8. The summed E-state index contributed by atoms with van der Waals surface area (Å²) in [5, 5.41) is 20.1. The van der Waals surface area contributed by atoms with E-state index in [0.29, 0.717) is 17.2 Å². The monoisotopic (exact) mass is 283 g/mol. The Bertz CT molecular complexity index is 616. The maximum Gasteiger partial charge on any atom is 0.147 e. The second-order valence-corrected chi connectivity index (χ2v) is 5.06. The van der Waals surface area contributed by atoms with Gasteiger partial charge in [-0.3, -0.25) is 0 Å². The smallest absolute Gasteiger partial charge is 0.147 e. The molecular weight excluding hydrogens is 270 g/mol. The van der Waals surface area contributed by atoms with Gasteiger partial charge in [0.25, 0.3) is 0 Å². The average molecular weight is 284 g/mol. The third-order valence-corrected chi connectivity index (χ3v) is 3.73. The van der Waals surface area contributed by atoms with Gasteiger partial charge < -0.3 is 19.5 Å². The Morgan fingerprint density at radius 2 is 2.32 bits per heavy atom. The van der Waals surface area contributed by atoms with Crippen LogP contribution in [0.1, 0.15) is 18.2 Å². The lowest BCUT2D eigenvalue weighted by Crippen LogP contribution is -2.24. The van der Waals surface area contributed by atoms with Crippen LogP contribution in [0.3, 0.4) is 0 Å². The standard InChI is InChI=1S/C12H14ClN3O3/c1-6-3-16(9-2-7(18)8(4-17)19-9)12-10(6)11(13)14-5-15-12/h3,5,7-9,17-18H,2,4H2,1H3. The number of nitrogens with zero attached hydrogens (tertiary/aromatic N) is 3. The van der Waals surface area contributed by atoms with E-state index in [1.165, 1.54) is 6.33 Å². The number of rotatable bonds is 2. The van der Waals surface area contributed by atoms with Crippen molar-refractivity contribution in [3.63, 3.8) is 0 Å². The molecule has 0 spiro atoms. The minimum absolute atomic E-state index is 0.203. The molecular formula is C12H14ClN3O3. The highest BCUT2D eigenvalue weighted by Gasteiger charge is 2.35. The van der Waals surface area contributed by atoms with Crippen molar-refractivity contribution in [2.45, 2.75) is 31.8 Å². The van der Waals surface area contributed by atoms with Crippen molar-refractivity contribution in [2.24, 2.45) is 0 Å². The topological polar surface area (TPSA) is 80.4 Å². The Balaban J connectivity index is 2.05. The highest BCUT2D eigenvalue weighted by molar-refractivity contribution is 6.34. The fourth-order valence-electron chi connectivity index (χ4n) is 2.49. The summed E-state index contributed by atoms with van der Waals surface area (Å²) in [6.07, 6.45) is 2.10. The van der Waals surface area contributed by atoms with Gasteiger partial charge in [-0.15, -0.1) is 0 Å². The second-order valence-electron chi connectivity index (χ2n) is 4.70. The number of hydrogen-bond acceptors (Lipinski definition) is 5. The summed E-state index contributed by atoms with van der Waals surface area (Å²) in [7, 11) is 0. The van der Waals surface area contributed by atoms with E-state index in [4.69, 9.17) is 21.4 Å². The number of halogens is 1. The zero-order valence-electron chi connectivity index (χ0n) is 10.3. The quantitative estimate of drug-likeness (QED) is 0.805. The lowest BCUT2D eigenvalue weighted by atomic mass is 10.2. The van der Waals surface area contributed by atoms with Crippen molar-refractivity contribution in [2.75, 3.05) is 6.61 Å². The largest absolute Gasteiger partial charge is 0.394 e. The van der Waals surface area contributed by atoms with Gasteiger partial charge >= 0.3 is 0 Å². The highest BCUT2D eigenvalue weighted by atomic mass is 35.5. The molecule has 0 bridgehead atoms. The van der Waals surface area contributed by atoms with E-state index in [1.54, 1.807) is 0 Å². The number of aryl methyl sites for hydroxylation is 1. The van der Waals surface area contributed by atoms with E-state index < -0.39 is 12.2 Å². The summed E-state index contributed by atoms with van der Waals surface area (Å²) in [5.74, 6) is 0. The summed E-state index contributed by atoms with van der Waals surface area (Å²) in [4.78, 5) is 8.19. The van der Waals surface area contributed by atoms with E-state index >= 15 is 0 Å². The molecule has 1 fully saturated rings. The first-order valence-electron chi connectivity index (χ1n) is 6.04. The molecule has 19 heavy (non-hydrogen) atoms. The molecule has 0 amide bonds. The zero-order valence-corrected chi connectivity index (χ0v) is 11.1. The van der Waals surface area contributed by atoms with Crippen LogP contribution in [0.4, 0.5) is 0 Å². The first-order chi connectivity index (χ1) is 9.11. The van der Waals surface area contributed by atoms with Crippen molar-refractivity contribution in [1.29, 1.82) is 0 Å². The van der Waals surface area contributed by atoms with Gasteiger partial charge in [-0.2, -0.15) is 0 Å². The molecule has 3 rings (SSSR count). The molecule has 0 radical (unpaired) electrons. The molecule has 6 nitrogen and oxygen atoms in total. The van der Waals surface area contributed by atoms with Crippen molar-refractivity contribution >= 4 is 22.6 Å². The SMILES string of the molecule is Cc1cn(C2CC(O)C(CO)O2)c2ncnc(Cl)c12. The van der Waals surface area contributed by atoms with Gasteiger partial charge in [0.15, 0.2) is 0 Å². The van der Waals surface area contributed by atoms with Crippen LogP contribution in [0.25, 0.3) is 11.0 Å². The molecule has 0 saturated carbocycles. The molecule has 3 atom stereocenters. The van der Waals surface area contributed by atoms with E-state index in [-0.39, 0.29) is 12.8 Å². The molecule has 1 aliphatic rings. The average Bonchev–Trinajstić information content (AvgIpc) is 2.91. The molecule has 2 aromatic rings. The van der Waals surface area contributed by atoms with E-state index in [2.05, 4.69) is 9.97 Å². The van der Waals surface area contributed by atoms with E-state index in [0.717, 1.165) is 10.9 Å². The van der Waals surface area contributed by atoms with Crippen LogP contribution < -0.4 is 0 Å². The molecule has 3 heterocycles. The number of aliphatic hydroxyl groups excluding tert-OH is 2. The van der Waals surface area contributed by atoms with Gasteiger partial charge in [0.1, 0.15) is 29.5 Å². The van der Waals surface area contributed by atoms with Gasteiger partial charge in [0, 0.05) is 12.6 Å². The van der Waals surface area contributed by atoms with Crippen LogP contribution in [0.15, 0.2) is 12.5 Å². The van der Waals surface area contributed by atoms with Crippen LogP contribution in [0.5, 0.6) is 0 Å². The Morgan fingerprint density at radius 1 is 1.53 bits per heavy atom. The minimum Gasteiger partial charge on any atom is -0.394 e. The predicted molar refractivity (Wildman–Crippen MR) is 68.9 cm³/mol. The maximum absolute atomic E-state index is 9.80. The number of aliphatic hydroxyl groups is 2. The number of ether oxygens (including phenoxy) is 1. The molecule has 0 aromatic carbocycles. The van der Waals surface area contributed by atoms with Gasteiger partial charge in [-0.05, 0) is 12.5 Å². The highest BCUT2D eigenvalue weighted by Crippen LogP contribution is 2.34. The summed E-state index contributed by atoms with van der Waals surface area (Å²) < 4.78 is 7.46. The van der Waals surface area contributed by atoms with Crippen molar-refractivity contribution in [3.05, 3.63) is 23.2 Å². The van der Waals surface area contributed by atoms with Crippen molar-refractivity contribution < 1.29 is 14.9 Å². The summed E-state index contributed by atoms with van der Waals surface area (Å²) in [6.45, 7) is 1.72. The van der Waals surface area contributed by atoms with Crippen LogP contribution in [0.2, 0.25) is 5.15 Å². The third-order valence-electron chi connectivity index (χ3n) is 3.45. The van der Waals surface area contributed by atoms with Gasteiger partial charge in [0.05, 0.1) is 18.1 Å². The summed E-state index contributed by atoms with van der Waals surface area (Å²) in [6, 6.07) is 0. The molecule has 1 saturated heterocycles. The van der Waals surface area contributed by atoms with Crippen LogP contribution in [-0.4, -0.2) is 43.6 Å². The Kier molecular flexibility index (Phi) is 3.18. The van der Waals surface area contributed by atoms with Crippen LogP contribution >= 0.6 is 11.6 Å². The van der Waals surface area contributed by atoms with E-state index in [9.17, 15) is 5.11 Å². The fourth-order valence-corrected chi connectivity index (χ4v) is 2.77. The van der Waals surface area contributed by atoms with Crippen molar-refractivity contribution in [3.8, 4) is 0 Å². The summed E-state index contributed by atoms with van der Waals surface area (Å²) in [5.41, 5.74) is 1.62. The number of aromatic nitrogens is 3. The zero-order chi connectivity index (χ0) is 13.6. The first-order valence-corrected chi connectivity index (χ1v) is 6.41. The van der Waals surface area contributed by atoms with Crippen LogP contribution in [-0.2, 0) is 4.74 Å². The molecule has 7 heteroatoms. The molecule has 2 N–H and O–H groups in total. The molecule has 0 aliphatic carbocycles. The van der Waals surface area contributed by atoms with Gasteiger partial charge in [0.2, 0.25) is 0 Å². The molecule has 2 aromatic heterocycles. The summed E-state index contributed by atoms with van der Waals surface area (Å²) >= 11 is 6.07. The minimum atomic E-state index is -0.676. The van der Waals surface area contributed by atoms with Gasteiger partial charge in [-0.25, -0.2) is 9.97 Å². The number of fused-ring (bicyclic) bond motifs is 1. The second kappa shape index (κ2) is 4.72. The third kappa shape index (κ3) is 2.01. The molecule has 102 valence electrons. The fraction of sp³-hybridized carbons (Fsp3) is 0.500. The van der Waals surface area contributed by atoms with Crippen LogP contribution in [0, 0.1) is 6.92 Å². The Morgan fingerprint density at radius 3 is 3.00 bits per heavy atom. The van der Waals surface area contributed by atoms with Gasteiger partial charge in [-0.1, -0.05) is 11.6 Å². The Labute approximate surface area is 114 Å². The molecule has 1 aliphatic heterocycles. The Hall–Kier alpha value is -1.21. The lowest BCUT2D eigenvalue weighted by molar-refractivity contribution is -0.0430.